The predicted molar refractivity (Wildman–Crippen MR) is 117 cm³/mol. The van der Waals surface area contributed by atoms with Crippen molar-refractivity contribution >= 4 is 44.8 Å². The van der Waals surface area contributed by atoms with Gasteiger partial charge in [0, 0.05) is 35.5 Å². The van der Waals surface area contributed by atoms with Crippen molar-refractivity contribution in [2.45, 2.75) is 13.8 Å². The van der Waals surface area contributed by atoms with Crippen LogP contribution in [0, 0.1) is 13.8 Å². The number of fused-ring (bicyclic) bond motifs is 4. The Morgan fingerprint density at radius 3 is 2.41 bits per heavy atom. The first kappa shape index (κ1) is 21.4. The largest absolute Gasteiger partial charge is 0.464 e. The lowest BCUT2D eigenvalue weighted by atomic mass is 10.0. The molecule has 1 amide bonds. The van der Waals surface area contributed by atoms with E-state index >= 15 is 0 Å². The first-order valence-electron chi connectivity index (χ1n) is 9.91. The van der Waals surface area contributed by atoms with Crippen LogP contribution in [-0.2, 0) is 4.74 Å². The molecule has 3 heterocycles. The molecule has 4 rings (SSSR count). The van der Waals surface area contributed by atoms with Crippen LogP contribution >= 0.6 is 0 Å². The highest BCUT2D eigenvalue weighted by Crippen LogP contribution is 2.37. The van der Waals surface area contributed by atoms with Crippen molar-refractivity contribution < 1.29 is 23.2 Å². The van der Waals surface area contributed by atoms with E-state index in [9.17, 15) is 14.4 Å². The van der Waals surface area contributed by atoms with Crippen LogP contribution in [0.3, 0.4) is 0 Å². The first-order chi connectivity index (χ1) is 15.2. The van der Waals surface area contributed by atoms with Crippen LogP contribution in [0.4, 0.5) is 0 Å². The summed E-state index contributed by atoms with van der Waals surface area (Å²) in [5, 5.41) is 12.3. The third kappa shape index (κ3) is 3.48. The van der Waals surface area contributed by atoms with Crippen molar-refractivity contribution in [1.82, 2.24) is 20.4 Å². The Morgan fingerprint density at radius 2 is 1.72 bits per heavy atom. The predicted octanol–water partition coefficient (Wildman–Crippen LogP) is 2.18. The van der Waals surface area contributed by atoms with Gasteiger partial charge in [-0.05, 0) is 39.6 Å². The maximum atomic E-state index is 12.8. The maximum Gasteiger partial charge on any atom is 0.359 e. The van der Waals surface area contributed by atoms with Gasteiger partial charge in [0.1, 0.15) is 11.2 Å². The minimum absolute atomic E-state index is 0.0516. The number of rotatable bonds is 5. The van der Waals surface area contributed by atoms with Gasteiger partial charge in [-0.2, -0.15) is 0 Å². The van der Waals surface area contributed by atoms with Gasteiger partial charge in [-0.1, -0.05) is 0 Å². The van der Waals surface area contributed by atoms with E-state index in [0.717, 1.165) is 0 Å². The number of furan rings is 1. The summed E-state index contributed by atoms with van der Waals surface area (Å²) in [5.74, 6) is -1.19. The molecule has 166 valence electrons. The Hall–Kier alpha value is -3.79. The Morgan fingerprint density at radius 1 is 1.03 bits per heavy atom. The van der Waals surface area contributed by atoms with Crippen molar-refractivity contribution in [3.8, 4) is 0 Å². The topological polar surface area (TPSA) is 128 Å². The summed E-state index contributed by atoms with van der Waals surface area (Å²) in [6, 6.07) is 3.14. The van der Waals surface area contributed by atoms with Crippen LogP contribution in [0.5, 0.6) is 0 Å². The zero-order chi connectivity index (χ0) is 23.2. The van der Waals surface area contributed by atoms with E-state index < -0.39 is 17.5 Å². The van der Waals surface area contributed by atoms with Gasteiger partial charge in [0.05, 0.1) is 12.5 Å². The van der Waals surface area contributed by atoms with E-state index in [1.165, 1.54) is 13.2 Å². The van der Waals surface area contributed by atoms with E-state index in [1.54, 1.807) is 19.9 Å². The standard InChI is InChI=1S/C22H22N4O6/c1-10-8-14(27)31-18-11(2)19-13(9-12(10)18)15-16(22(29)30-5)24-25-17(20(15)32-19)21(28)23-6-7-26(3)4/h8-9H,6-7H2,1-5H3,(H,23,28). The molecule has 32 heavy (non-hydrogen) atoms. The second-order valence-corrected chi connectivity index (χ2v) is 7.76. The number of methoxy groups -OCH3 is 1. The van der Waals surface area contributed by atoms with Crippen molar-refractivity contribution in [1.29, 1.82) is 0 Å². The molecule has 0 spiro atoms. The fourth-order valence-corrected chi connectivity index (χ4v) is 3.65. The number of nitrogens with zero attached hydrogens (tertiary/aromatic N) is 3. The van der Waals surface area contributed by atoms with Crippen molar-refractivity contribution in [2.75, 3.05) is 34.3 Å². The second-order valence-electron chi connectivity index (χ2n) is 7.76. The summed E-state index contributed by atoms with van der Waals surface area (Å²) >= 11 is 0. The summed E-state index contributed by atoms with van der Waals surface area (Å²) in [7, 11) is 5.02. The summed E-state index contributed by atoms with van der Waals surface area (Å²) in [6.45, 7) is 4.55. The molecule has 1 aromatic carbocycles. The van der Waals surface area contributed by atoms with Crippen molar-refractivity contribution in [3.63, 3.8) is 0 Å². The molecule has 1 N–H and O–H groups in total. The van der Waals surface area contributed by atoms with Crippen LogP contribution in [0.25, 0.3) is 32.9 Å². The number of ether oxygens (including phenoxy) is 1. The van der Waals surface area contributed by atoms with Crippen LogP contribution in [0.15, 0.2) is 25.8 Å². The SMILES string of the molecule is COC(=O)c1nnc(C(=O)NCCN(C)C)c2oc3c(C)c4oc(=O)cc(C)c4cc3c12. The molecule has 0 unspecified atom stereocenters. The number of likely N-dealkylation sites (N-methyl/N-ethyl adjacent to an activating group) is 1. The molecule has 0 aliphatic carbocycles. The molecule has 0 bridgehead atoms. The molecule has 0 saturated carbocycles. The van der Waals surface area contributed by atoms with Gasteiger partial charge in [-0.15, -0.1) is 10.2 Å². The van der Waals surface area contributed by atoms with Gasteiger partial charge < -0.3 is 23.8 Å². The number of esters is 1. The quantitative estimate of drug-likeness (QED) is 0.368. The van der Waals surface area contributed by atoms with Gasteiger partial charge in [-0.3, -0.25) is 4.79 Å². The first-order valence-corrected chi connectivity index (χ1v) is 9.91. The van der Waals surface area contributed by atoms with Crippen molar-refractivity contribution in [2.24, 2.45) is 0 Å². The van der Waals surface area contributed by atoms with E-state index in [1.807, 2.05) is 19.0 Å². The number of carbonyl (C=O) groups excluding carboxylic acids is 2. The highest BCUT2D eigenvalue weighted by atomic mass is 16.5. The van der Waals surface area contributed by atoms with Gasteiger partial charge >= 0.3 is 11.6 Å². The van der Waals surface area contributed by atoms with Gasteiger partial charge in [0.2, 0.25) is 0 Å². The molecule has 0 saturated heterocycles. The summed E-state index contributed by atoms with van der Waals surface area (Å²) in [5.41, 5.74) is 1.51. The van der Waals surface area contributed by atoms with E-state index in [4.69, 9.17) is 13.6 Å². The fourth-order valence-electron chi connectivity index (χ4n) is 3.65. The molecule has 0 radical (unpaired) electrons. The third-order valence-corrected chi connectivity index (χ3v) is 5.26. The highest BCUT2D eigenvalue weighted by molar-refractivity contribution is 6.20. The van der Waals surface area contributed by atoms with E-state index in [-0.39, 0.29) is 17.0 Å². The summed E-state index contributed by atoms with van der Waals surface area (Å²) in [6.07, 6.45) is 0. The minimum Gasteiger partial charge on any atom is -0.464 e. The molecule has 0 atom stereocenters. The maximum absolute atomic E-state index is 12.8. The van der Waals surface area contributed by atoms with Gasteiger partial charge in [0.15, 0.2) is 17.0 Å². The zero-order valence-corrected chi connectivity index (χ0v) is 18.4. The Labute approximate surface area is 182 Å². The Kier molecular flexibility index (Phi) is 5.39. The molecule has 0 aliphatic heterocycles. The lowest BCUT2D eigenvalue weighted by Crippen LogP contribution is -2.32. The van der Waals surface area contributed by atoms with Gasteiger partial charge in [-0.25, -0.2) is 9.59 Å². The zero-order valence-electron chi connectivity index (χ0n) is 18.4. The number of amides is 1. The van der Waals surface area contributed by atoms with Crippen LogP contribution in [0.2, 0.25) is 0 Å². The number of hydrogen-bond donors (Lipinski definition) is 1. The number of aromatic nitrogens is 2. The highest BCUT2D eigenvalue weighted by Gasteiger charge is 2.27. The number of aryl methyl sites for hydroxylation is 2. The summed E-state index contributed by atoms with van der Waals surface area (Å²) < 4.78 is 16.3. The number of hydrogen-bond acceptors (Lipinski definition) is 9. The molecule has 3 aromatic heterocycles. The van der Waals surface area contributed by atoms with Crippen LogP contribution < -0.4 is 10.9 Å². The van der Waals surface area contributed by atoms with E-state index in [2.05, 4.69) is 15.5 Å². The Balaban J connectivity index is 2.04. The van der Waals surface area contributed by atoms with Crippen LogP contribution in [0.1, 0.15) is 32.1 Å². The van der Waals surface area contributed by atoms with Crippen LogP contribution in [-0.4, -0.2) is 61.3 Å². The Bertz CT molecular complexity index is 1450. The lowest BCUT2D eigenvalue weighted by Gasteiger charge is -2.10. The molecule has 10 nitrogen and oxygen atoms in total. The fraction of sp³-hybridized carbons (Fsp3) is 0.318. The third-order valence-electron chi connectivity index (χ3n) is 5.26. The molecular weight excluding hydrogens is 416 g/mol. The minimum atomic E-state index is -0.709. The molecule has 0 aliphatic rings. The lowest BCUT2D eigenvalue weighted by molar-refractivity contribution is 0.0594. The summed E-state index contributed by atoms with van der Waals surface area (Å²) in [4.78, 5) is 39.1. The number of nitrogens with one attached hydrogen (secondary N) is 1. The molecule has 0 fully saturated rings. The molecular formula is C22H22N4O6. The van der Waals surface area contributed by atoms with E-state index in [0.29, 0.717) is 51.5 Å². The van der Waals surface area contributed by atoms with Crippen molar-refractivity contribution in [3.05, 3.63) is 45.1 Å². The molecule has 10 heteroatoms. The average Bonchev–Trinajstić information content (AvgIpc) is 3.13. The second kappa shape index (κ2) is 8.04. The molecule has 4 aromatic rings. The normalized spacial score (nSPS) is 11.6. The number of benzene rings is 1. The smallest absolute Gasteiger partial charge is 0.359 e. The van der Waals surface area contributed by atoms with Gasteiger partial charge in [0.25, 0.3) is 5.91 Å². The average molecular weight is 438 g/mol. The monoisotopic (exact) mass is 438 g/mol. The number of carbonyl (C=O) groups is 2.